The summed E-state index contributed by atoms with van der Waals surface area (Å²) in [5, 5.41) is 10.4. The van der Waals surface area contributed by atoms with Gasteiger partial charge in [-0.15, -0.1) is 6.58 Å². The Morgan fingerprint density at radius 2 is 1.78 bits per heavy atom. The number of hydrogen-bond donors (Lipinski definition) is 1. The number of unbranched alkanes of at least 4 members (excludes halogenated alkanes) is 1. The zero-order valence-corrected chi connectivity index (χ0v) is 18.6. The molecule has 1 heterocycles. The van der Waals surface area contributed by atoms with E-state index < -0.39 is 0 Å². The monoisotopic (exact) mass is 376 g/mol. The average molecular weight is 377 g/mol. The third kappa shape index (κ3) is 4.31. The molecule has 2 nitrogen and oxygen atoms in total. The fraction of sp³-hybridized carbons (Fsp3) is 0.840. The summed E-state index contributed by atoms with van der Waals surface area (Å²) in [6, 6.07) is 0. The predicted octanol–water partition coefficient (Wildman–Crippen LogP) is 6.89. The summed E-state index contributed by atoms with van der Waals surface area (Å²) in [5.74, 6) is 2.43. The molecule has 3 fully saturated rings. The maximum atomic E-state index is 10.4. The van der Waals surface area contributed by atoms with Crippen molar-refractivity contribution in [3.05, 3.63) is 24.5 Å². The van der Waals surface area contributed by atoms with Crippen LogP contribution in [0.1, 0.15) is 92.4 Å². The maximum absolute atomic E-state index is 10.4. The highest BCUT2D eigenvalue weighted by Crippen LogP contribution is 2.64. The lowest BCUT2D eigenvalue weighted by molar-refractivity contribution is -0.0798. The van der Waals surface area contributed by atoms with Crippen LogP contribution in [0.15, 0.2) is 24.5 Å². The molecule has 4 rings (SSSR count). The molecule has 156 valence electrons. The number of rotatable bonds is 1. The first-order valence-corrected chi connectivity index (χ1v) is 11.4. The smallest absolute Gasteiger partial charge is 0.0881 e. The van der Waals surface area contributed by atoms with E-state index in [0.29, 0.717) is 5.41 Å². The van der Waals surface area contributed by atoms with Crippen LogP contribution >= 0.6 is 0 Å². The molecule has 0 aromatic rings. The fourth-order valence-corrected chi connectivity index (χ4v) is 6.27. The Morgan fingerprint density at radius 3 is 2.41 bits per heavy atom. The molecule has 3 aliphatic carbocycles. The van der Waals surface area contributed by atoms with E-state index >= 15 is 0 Å². The lowest BCUT2D eigenvalue weighted by Gasteiger charge is -2.57. The van der Waals surface area contributed by atoms with Gasteiger partial charge in [-0.2, -0.15) is 0 Å². The molecule has 6 atom stereocenters. The molecule has 0 radical (unpaired) electrons. The summed E-state index contributed by atoms with van der Waals surface area (Å²) < 4.78 is 5.61. The van der Waals surface area contributed by atoms with Gasteiger partial charge in [0, 0.05) is 0 Å². The number of ether oxygens (including phenoxy) is 1. The van der Waals surface area contributed by atoms with Crippen molar-refractivity contribution in [3.8, 4) is 0 Å². The number of fused-ring (bicyclic) bond motifs is 5. The van der Waals surface area contributed by atoms with Crippen molar-refractivity contribution >= 4 is 0 Å². The molecule has 3 saturated carbocycles. The summed E-state index contributed by atoms with van der Waals surface area (Å²) in [4.78, 5) is 0. The maximum Gasteiger partial charge on any atom is 0.0881 e. The molecule has 27 heavy (non-hydrogen) atoms. The Hall–Kier alpha value is -0.760. The molecule has 1 aliphatic heterocycles. The summed E-state index contributed by atoms with van der Waals surface area (Å²) in [5.41, 5.74) is 2.17. The van der Waals surface area contributed by atoms with E-state index in [1.807, 2.05) is 6.92 Å². The van der Waals surface area contributed by atoms with E-state index in [4.69, 9.17) is 4.74 Å². The quantitative estimate of drug-likeness (QED) is 0.505. The molecule has 4 aliphatic rings. The first kappa shape index (κ1) is 22.5. The molecule has 0 amide bonds. The van der Waals surface area contributed by atoms with Crippen LogP contribution in [0.5, 0.6) is 0 Å². The molecule has 1 N–H and O–H groups in total. The van der Waals surface area contributed by atoms with Gasteiger partial charge in [-0.1, -0.05) is 46.6 Å². The standard InChI is InChI=1S/C18H28O2.C4H10.C3H6/c1-17-9-10-20-11-12(17)3-4-13-14-5-6-16(19)18(14,2)8-7-15(13)17;1-3-4-2;1-3-2/h11,13-16,19H,3-10H2,1-2H3;3-4H2,1-2H3;3H,1H2,2H3. The highest BCUT2D eigenvalue weighted by molar-refractivity contribution is 5.21. The highest BCUT2D eigenvalue weighted by Gasteiger charge is 2.58. The van der Waals surface area contributed by atoms with Crippen molar-refractivity contribution in [3.63, 3.8) is 0 Å². The van der Waals surface area contributed by atoms with E-state index in [2.05, 4.69) is 40.5 Å². The fourth-order valence-electron chi connectivity index (χ4n) is 6.27. The third-order valence-corrected chi connectivity index (χ3v) is 8.15. The van der Waals surface area contributed by atoms with Gasteiger partial charge in [-0.3, -0.25) is 0 Å². The highest BCUT2D eigenvalue weighted by atomic mass is 16.5. The Balaban J connectivity index is 0.000000327. The Kier molecular flexibility index (Phi) is 8.04. The second-order valence-electron chi connectivity index (χ2n) is 9.64. The Morgan fingerprint density at radius 1 is 1.11 bits per heavy atom. The second kappa shape index (κ2) is 9.63. The van der Waals surface area contributed by atoms with Crippen LogP contribution < -0.4 is 0 Å². The second-order valence-corrected chi connectivity index (χ2v) is 9.64. The lowest BCUT2D eigenvalue weighted by atomic mass is 9.48. The SMILES string of the molecule is C=CC.CC12CCOC=C1CCC1C2CCC2(C)C(O)CCC12.CCCC. The van der Waals surface area contributed by atoms with E-state index in [9.17, 15) is 5.11 Å². The average Bonchev–Trinajstić information content (AvgIpc) is 2.97. The summed E-state index contributed by atoms with van der Waals surface area (Å²) in [6.07, 6.45) is 15.0. The lowest BCUT2D eigenvalue weighted by Crippen LogP contribution is -2.51. The molecule has 0 spiro atoms. The zero-order valence-electron chi connectivity index (χ0n) is 18.6. The van der Waals surface area contributed by atoms with E-state index in [0.717, 1.165) is 30.8 Å². The Labute approximate surface area is 168 Å². The molecule has 0 aromatic heterocycles. The van der Waals surface area contributed by atoms with E-state index in [1.54, 1.807) is 11.6 Å². The van der Waals surface area contributed by atoms with Crippen LogP contribution in [0.2, 0.25) is 0 Å². The molecular weight excluding hydrogens is 332 g/mol. The number of allylic oxidation sites excluding steroid dienone is 2. The van der Waals surface area contributed by atoms with Crippen LogP contribution in [0, 0.1) is 28.6 Å². The van der Waals surface area contributed by atoms with Gasteiger partial charge >= 0.3 is 0 Å². The molecule has 6 unspecified atom stereocenters. The van der Waals surface area contributed by atoms with Gasteiger partial charge < -0.3 is 9.84 Å². The van der Waals surface area contributed by atoms with Gasteiger partial charge in [0.1, 0.15) is 0 Å². The normalized spacial score (nSPS) is 41.8. The summed E-state index contributed by atoms with van der Waals surface area (Å²) in [6.45, 7) is 15.4. The van der Waals surface area contributed by atoms with Crippen molar-refractivity contribution in [2.24, 2.45) is 28.6 Å². The minimum Gasteiger partial charge on any atom is -0.501 e. The topological polar surface area (TPSA) is 29.5 Å². The summed E-state index contributed by atoms with van der Waals surface area (Å²) >= 11 is 0. The molecular formula is C25H44O2. The van der Waals surface area contributed by atoms with Crippen LogP contribution in [0.4, 0.5) is 0 Å². The van der Waals surface area contributed by atoms with Crippen LogP contribution in [0.25, 0.3) is 0 Å². The Bertz CT molecular complexity index is 508. The van der Waals surface area contributed by atoms with E-state index in [1.165, 1.54) is 51.4 Å². The van der Waals surface area contributed by atoms with Crippen molar-refractivity contribution in [2.45, 2.75) is 98.5 Å². The molecule has 0 aromatic carbocycles. The minimum absolute atomic E-state index is 0.0483. The zero-order chi connectivity index (χ0) is 20.1. The number of aliphatic hydroxyl groups is 1. The van der Waals surface area contributed by atoms with Gasteiger partial charge in [0.25, 0.3) is 0 Å². The van der Waals surface area contributed by atoms with Crippen molar-refractivity contribution in [1.29, 1.82) is 0 Å². The van der Waals surface area contributed by atoms with Crippen molar-refractivity contribution in [2.75, 3.05) is 6.61 Å². The first-order valence-electron chi connectivity index (χ1n) is 11.4. The third-order valence-electron chi connectivity index (χ3n) is 8.15. The van der Waals surface area contributed by atoms with Crippen LogP contribution in [0.3, 0.4) is 0 Å². The van der Waals surface area contributed by atoms with Crippen LogP contribution in [-0.4, -0.2) is 17.8 Å². The van der Waals surface area contributed by atoms with Crippen molar-refractivity contribution in [1.82, 2.24) is 0 Å². The molecule has 0 bridgehead atoms. The van der Waals surface area contributed by atoms with Gasteiger partial charge in [0.05, 0.1) is 19.0 Å². The first-order chi connectivity index (χ1) is 12.9. The predicted molar refractivity (Wildman–Crippen MR) is 115 cm³/mol. The number of aliphatic hydroxyl groups excluding tert-OH is 1. The largest absolute Gasteiger partial charge is 0.501 e. The van der Waals surface area contributed by atoms with Crippen molar-refractivity contribution < 1.29 is 9.84 Å². The minimum atomic E-state index is -0.0483. The van der Waals surface area contributed by atoms with Crippen LogP contribution in [-0.2, 0) is 4.74 Å². The van der Waals surface area contributed by atoms with Gasteiger partial charge in [-0.05, 0) is 86.0 Å². The summed E-state index contributed by atoms with van der Waals surface area (Å²) in [7, 11) is 0. The van der Waals surface area contributed by atoms with E-state index in [-0.39, 0.29) is 11.5 Å². The van der Waals surface area contributed by atoms with Gasteiger partial charge in [0.15, 0.2) is 0 Å². The van der Waals surface area contributed by atoms with Gasteiger partial charge in [-0.25, -0.2) is 0 Å². The number of hydrogen-bond acceptors (Lipinski definition) is 2. The molecule has 0 saturated heterocycles. The molecule has 2 heteroatoms. The van der Waals surface area contributed by atoms with Gasteiger partial charge in [0.2, 0.25) is 0 Å².